The van der Waals surface area contributed by atoms with Gasteiger partial charge in [-0.1, -0.05) is 12.5 Å². The summed E-state index contributed by atoms with van der Waals surface area (Å²) in [4.78, 5) is 0. The number of rotatable bonds is 5. The second-order valence-electron chi connectivity index (χ2n) is 4.13. The Morgan fingerprint density at radius 3 is 2.32 bits per heavy atom. The third-order valence-corrected chi connectivity index (χ3v) is 2.69. The Morgan fingerprint density at radius 2 is 1.79 bits per heavy atom. The molecule has 19 heavy (non-hydrogen) atoms. The van der Waals surface area contributed by atoms with E-state index in [4.69, 9.17) is 11.5 Å². The Labute approximate surface area is 115 Å². The second kappa shape index (κ2) is 7.67. The molecular weight excluding hydrogens is 284 g/mol. The van der Waals surface area contributed by atoms with Crippen molar-refractivity contribution in [3.05, 3.63) is 35.1 Å². The highest BCUT2D eigenvalue weighted by Crippen LogP contribution is 2.33. The van der Waals surface area contributed by atoms with Gasteiger partial charge in [0.25, 0.3) is 0 Å². The van der Waals surface area contributed by atoms with Crippen LogP contribution in [0.25, 0.3) is 0 Å². The summed E-state index contributed by atoms with van der Waals surface area (Å²) in [5.74, 6) is -1.28. The first-order valence-corrected chi connectivity index (χ1v) is 5.68. The SMILES string of the molecule is Cl.NCCCC[C@@H](N)c1ccc(F)c(C(F)(F)F)c1. The van der Waals surface area contributed by atoms with Crippen molar-refractivity contribution in [1.29, 1.82) is 0 Å². The van der Waals surface area contributed by atoms with E-state index in [1.807, 2.05) is 0 Å². The molecule has 0 saturated carbocycles. The van der Waals surface area contributed by atoms with Crippen molar-refractivity contribution in [3.63, 3.8) is 0 Å². The number of halogens is 5. The van der Waals surface area contributed by atoms with Gasteiger partial charge >= 0.3 is 6.18 Å². The molecular formula is C12H17ClF4N2. The summed E-state index contributed by atoms with van der Waals surface area (Å²) in [5, 5.41) is 0. The zero-order valence-electron chi connectivity index (χ0n) is 10.2. The van der Waals surface area contributed by atoms with Crippen LogP contribution in [0, 0.1) is 5.82 Å². The molecule has 0 heterocycles. The van der Waals surface area contributed by atoms with E-state index in [1.165, 1.54) is 6.07 Å². The minimum Gasteiger partial charge on any atom is -0.330 e. The van der Waals surface area contributed by atoms with Crippen molar-refractivity contribution >= 4 is 12.4 Å². The molecule has 2 nitrogen and oxygen atoms in total. The standard InChI is InChI=1S/C12H16F4N2.ClH/c13-10-5-4-8(7-9(10)12(14,15)16)11(18)3-1-2-6-17;/h4-5,7,11H,1-3,6,17-18H2;1H/t11-;/m1./s1. The van der Waals surface area contributed by atoms with Crippen molar-refractivity contribution in [2.24, 2.45) is 11.5 Å². The van der Waals surface area contributed by atoms with E-state index in [0.29, 0.717) is 18.5 Å². The molecule has 0 aliphatic rings. The van der Waals surface area contributed by atoms with Crippen LogP contribution >= 0.6 is 12.4 Å². The fourth-order valence-corrected chi connectivity index (χ4v) is 1.67. The lowest BCUT2D eigenvalue weighted by atomic mass is 9.99. The average Bonchev–Trinajstić information content (AvgIpc) is 2.28. The number of hydrogen-bond donors (Lipinski definition) is 2. The first-order chi connectivity index (χ1) is 8.36. The van der Waals surface area contributed by atoms with Crippen LogP contribution in [-0.4, -0.2) is 6.54 Å². The van der Waals surface area contributed by atoms with Crippen molar-refractivity contribution < 1.29 is 17.6 Å². The Morgan fingerprint density at radius 1 is 1.16 bits per heavy atom. The van der Waals surface area contributed by atoms with Crippen LogP contribution in [0.4, 0.5) is 17.6 Å². The fraction of sp³-hybridized carbons (Fsp3) is 0.500. The third-order valence-electron chi connectivity index (χ3n) is 2.69. The maximum Gasteiger partial charge on any atom is 0.419 e. The number of hydrogen-bond acceptors (Lipinski definition) is 2. The summed E-state index contributed by atoms with van der Waals surface area (Å²) in [7, 11) is 0. The van der Waals surface area contributed by atoms with Crippen LogP contribution in [-0.2, 0) is 6.18 Å². The highest BCUT2D eigenvalue weighted by Gasteiger charge is 2.34. The first kappa shape index (κ1) is 18.1. The summed E-state index contributed by atoms with van der Waals surface area (Å²) < 4.78 is 50.6. The quantitative estimate of drug-likeness (QED) is 0.647. The van der Waals surface area contributed by atoms with Gasteiger partial charge in [0, 0.05) is 6.04 Å². The molecule has 0 aromatic heterocycles. The van der Waals surface area contributed by atoms with Gasteiger partial charge in [-0.05, 0) is 37.1 Å². The highest BCUT2D eigenvalue weighted by molar-refractivity contribution is 5.85. The van der Waals surface area contributed by atoms with E-state index in [-0.39, 0.29) is 12.4 Å². The van der Waals surface area contributed by atoms with E-state index >= 15 is 0 Å². The summed E-state index contributed by atoms with van der Waals surface area (Å²) in [6.45, 7) is 0.518. The predicted molar refractivity (Wildman–Crippen MR) is 68.5 cm³/mol. The summed E-state index contributed by atoms with van der Waals surface area (Å²) in [6, 6.07) is 2.35. The van der Waals surface area contributed by atoms with Crippen LogP contribution in [0.5, 0.6) is 0 Å². The molecule has 4 N–H and O–H groups in total. The molecule has 0 spiro atoms. The van der Waals surface area contributed by atoms with Crippen molar-refractivity contribution in [2.75, 3.05) is 6.54 Å². The van der Waals surface area contributed by atoms with Gasteiger partial charge in [-0.15, -0.1) is 12.4 Å². The van der Waals surface area contributed by atoms with Gasteiger partial charge in [0.2, 0.25) is 0 Å². The molecule has 0 fully saturated rings. The fourth-order valence-electron chi connectivity index (χ4n) is 1.67. The van der Waals surface area contributed by atoms with Gasteiger partial charge in [0.1, 0.15) is 5.82 Å². The van der Waals surface area contributed by atoms with Crippen molar-refractivity contribution in [1.82, 2.24) is 0 Å². The predicted octanol–water partition coefficient (Wildman–Crippen LogP) is 3.40. The second-order valence-corrected chi connectivity index (χ2v) is 4.13. The Bertz CT molecular complexity index is 396. The summed E-state index contributed by atoms with van der Waals surface area (Å²) in [6.07, 6.45) is -2.67. The lowest BCUT2D eigenvalue weighted by molar-refractivity contribution is -0.140. The Balaban J connectivity index is 0.00000324. The molecule has 0 unspecified atom stereocenters. The number of nitrogens with two attached hydrogens (primary N) is 2. The van der Waals surface area contributed by atoms with Crippen molar-refractivity contribution in [2.45, 2.75) is 31.5 Å². The van der Waals surface area contributed by atoms with Gasteiger partial charge in [-0.3, -0.25) is 0 Å². The van der Waals surface area contributed by atoms with Gasteiger partial charge in [-0.2, -0.15) is 13.2 Å². The minimum absolute atomic E-state index is 0. The van der Waals surface area contributed by atoms with Crippen LogP contribution < -0.4 is 11.5 Å². The Kier molecular flexibility index (Phi) is 7.33. The van der Waals surface area contributed by atoms with Gasteiger partial charge in [-0.25, -0.2) is 4.39 Å². The van der Waals surface area contributed by atoms with Gasteiger partial charge in [0.05, 0.1) is 5.56 Å². The molecule has 0 saturated heterocycles. The van der Waals surface area contributed by atoms with E-state index in [9.17, 15) is 17.6 Å². The van der Waals surface area contributed by atoms with E-state index < -0.39 is 23.6 Å². The first-order valence-electron chi connectivity index (χ1n) is 5.68. The number of unbranched alkanes of at least 4 members (excludes halogenated alkanes) is 1. The summed E-state index contributed by atoms with van der Waals surface area (Å²) >= 11 is 0. The molecule has 7 heteroatoms. The maximum atomic E-state index is 13.1. The lowest BCUT2D eigenvalue weighted by Gasteiger charge is -2.15. The highest BCUT2D eigenvalue weighted by atomic mass is 35.5. The zero-order valence-corrected chi connectivity index (χ0v) is 11.0. The molecule has 1 atom stereocenters. The molecule has 1 aromatic rings. The summed E-state index contributed by atoms with van der Waals surface area (Å²) in [5.41, 5.74) is 10.1. The topological polar surface area (TPSA) is 52.0 Å². The lowest BCUT2D eigenvalue weighted by Crippen LogP contribution is -2.14. The van der Waals surface area contributed by atoms with E-state index in [2.05, 4.69) is 0 Å². The van der Waals surface area contributed by atoms with Crippen LogP contribution in [0.3, 0.4) is 0 Å². The molecule has 0 amide bonds. The normalized spacial score (nSPS) is 12.9. The van der Waals surface area contributed by atoms with Crippen LogP contribution in [0.1, 0.15) is 36.4 Å². The number of benzene rings is 1. The average molecular weight is 301 g/mol. The Hall–Kier alpha value is -0.850. The van der Waals surface area contributed by atoms with Crippen LogP contribution in [0.15, 0.2) is 18.2 Å². The van der Waals surface area contributed by atoms with Gasteiger partial charge in [0.15, 0.2) is 0 Å². The molecule has 110 valence electrons. The smallest absolute Gasteiger partial charge is 0.330 e. The number of alkyl halides is 3. The van der Waals surface area contributed by atoms with E-state index in [0.717, 1.165) is 25.0 Å². The third kappa shape index (κ3) is 5.34. The van der Waals surface area contributed by atoms with Gasteiger partial charge < -0.3 is 11.5 Å². The molecule has 0 aliphatic heterocycles. The largest absolute Gasteiger partial charge is 0.419 e. The molecule has 1 aromatic carbocycles. The van der Waals surface area contributed by atoms with Crippen LogP contribution in [0.2, 0.25) is 0 Å². The maximum absolute atomic E-state index is 13.1. The molecule has 0 aliphatic carbocycles. The molecule has 0 radical (unpaired) electrons. The van der Waals surface area contributed by atoms with Crippen molar-refractivity contribution in [3.8, 4) is 0 Å². The molecule has 0 bridgehead atoms. The molecule has 1 rings (SSSR count). The van der Waals surface area contributed by atoms with E-state index in [1.54, 1.807) is 0 Å². The minimum atomic E-state index is -4.70. The zero-order chi connectivity index (χ0) is 13.8. The monoisotopic (exact) mass is 300 g/mol.